The van der Waals surface area contributed by atoms with Gasteiger partial charge in [-0.2, -0.15) is 10.5 Å². The van der Waals surface area contributed by atoms with E-state index in [0.717, 1.165) is 35.5 Å². The maximum Gasteiger partial charge on any atom is 0.119 e. The Kier molecular flexibility index (Phi) is 12.5. The highest BCUT2D eigenvalue weighted by molar-refractivity contribution is 7.13. The van der Waals surface area contributed by atoms with Crippen LogP contribution in [0.1, 0.15) is 97.2 Å². The highest BCUT2D eigenvalue weighted by Crippen LogP contribution is 2.27. The molecule has 0 saturated carbocycles. The summed E-state index contributed by atoms with van der Waals surface area (Å²) in [5, 5.41) is 19.4. The average molecular weight is 535 g/mol. The van der Waals surface area contributed by atoms with Gasteiger partial charge in [-0.3, -0.25) is 0 Å². The molecular formula is C34H34N2O2S. The van der Waals surface area contributed by atoms with Crippen LogP contribution in [-0.2, 0) is 0 Å². The largest absolute Gasteiger partial charge is 0.494 e. The number of rotatable bonds is 12. The molecule has 0 aliphatic heterocycles. The molecule has 1 aromatic heterocycles. The van der Waals surface area contributed by atoms with Crippen LogP contribution < -0.4 is 9.47 Å². The van der Waals surface area contributed by atoms with Crippen LogP contribution in [0.2, 0.25) is 0 Å². The van der Waals surface area contributed by atoms with E-state index in [0.29, 0.717) is 23.0 Å². The molecule has 0 aliphatic carbocycles. The molecule has 0 saturated heterocycles. The van der Waals surface area contributed by atoms with Gasteiger partial charge in [-0.05, 0) is 73.2 Å². The fraction of sp³-hybridized carbons (Fsp3) is 0.353. The summed E-state index contributed by atoms with van der Waals surface area (Å²) in [5.41, 5.74) is 2.17. The first kappa shape index (κ1) is 29.4. The molecule has 5 heteroatoms. The van der Waals surface area contributed by atoms with Crippen LogP contribution in [0.15, 0.2) is 48.5 Å². The van der Waals surface area contributed by atoms with Crippen molar-refractivity contribution in [3.8, 4) is 47.3 Å². The van der Waals surface area contributed by atoms with Gasteiger partial charge in [0.15, 0.2) is 0 Å². The Hall–Kier alpha value is -4.16. The van der Waals surface area contributed by atoms with E-state index in [1.807, 2.05) is 48.5 Å². The predicted octanol–water partition coefficient (Wildman–Crippen LogP) is 8.21. The third-order valence-electron chi connectivity index (χ3n) is 6.01. The molecule has 39 heavy (non-hydrogen) atoms. The van der Waals surface area contributed by atoms with E-state index in [1.165, 1.54) is 49.9 Å². The number of nitriles is 2. The van der Waals surface area contributed by atoms with Crippen molar-refractivity contribution >= 4 is 11.3 Å². The first-order chi connectivity index (χ1) is 19.2. The lowest BCUT2D eigenvalue weighted by Gasteiger charge is -2.05. The van der Waals surface area contributed by atoms with Crippen molar-refractivity contribution in [1.29, 1.82) is 10.5 Å². The number of hydrogen-bond acceptors (Lipinski definition) is 5. The summed E-state index contributed by atoms with van der Waals surface area (Å²) in [5.74, 6) is 14.0. The highest BCUT2D eigenvalue weighted by Gasteiger charge is 2.15. The summed E-state index contributed by atoms with van der Waals surface area (Å²) in [4.78, 5) is 1.09. The number of thiophene rings is 1. The van der Waals surface area contributed by atoms with Crippen molar-refractivity contribution in [2.24, 2.45) is 0 Å². The van der Waals surface area contributed by atoms with Gasteiger partial charge in [-0.15, -0.1) is 11.3 Å². The van der Waals surface area contributed by atoms with Gasteiger partial charge in [-0.1, -0.05) is 64.2 Å². The average Bonchev–Trinajstić information content (AvgIpc) is 3.32. The van der Waals surface area contributed by atoms with Crippen LogP contribution in [0.25, 0.3) is 0 Å². The van der Waals surface area contributed by atoms with Gasteiger partial charge in [0.05, 0.1) is 34.1 Å². The molecule has 3 rings (SSSR count). The fourth-order valence-electron chi connectivity index (χ4n) is 3.79. The van der Waals surface area contributed by atoms with E-state index in [1.54, 1.807) is 0 Å². The SMILES string of the molecule is CCCCCCOc1ccc(C#Cc2sc(C#Cc3ccc(OCCCCCC)cc3)c(C#N)c2C#N)cc1. The van der Waals surface area contributed by atoms with Crippen molar-refractivity contribution in [3.63, 3.8) is 0 Å². The molecule has 0 atom stereocenters. The summed E-state index contributed by atoms with van der Waals surface area (Å²) in [6.45, 7) is 5.81. The second kappa shape index (κ2) is 16.6. The summed E-state index contributed by atoms with van der Waals surface area (Å²) < 4.78 is 11.6. The first-order valence-electron chi connectivity index (χ1n) is 13.6. The molecule has 0 spiro atoms. The van der Waals surface area contributed by atoms with E-state index in [2.05, 4.69) is 49.7 Å². The Bertz CT molecular complexity index is 1290. The molecule has 4 nitrogen and oxygen atoms in total. The van der Waals surface area contributed by atoms with Crippen LogP contribution in [0.3, 0.4) is 0 Å². The lowest BCUT2D eigenvalue weighted by Crippen LogP contribution is -1.96. The van der Waals surface area contributed by atoms with Crippen molar-refractivity contribution in [2.75, 3.05) is 13.2 Å². The molecule has 0 unspecified atom stereocenters. The third kappa shape index (κ3) is 9.58. The van der Waals surface area contributed by atoms with Crippen LogP contribution in [0.4, 0.5) is 0 Å². The first-order valence-corrected chi connectivity index (χ1v) is 14.5. The van der Waals surface area contributed by atoms with Crippen LogP contribution >= 0.6 is 11.3 Å². The Labute approximate surface area is 237 Å². The lowest BCUT2D eigenvalue weighted by molar-refractivity contribution is 0.305. The molecule has 2 aromatic carbocycles. The molecule has 0 aliphatic rings. The molecule has 0 radical (unpaired) electrons. The minimum atomic E-state index is 0.276. The highest BCUT2D eigenvalue weighted by atomic mass is 32.1. The minimum Gasteiger partial charge on any atom is -0.494 e. The predicted molar refractivity (Wildman–Crippen MR) is 158 cm³/mol. The monoisotopic (exact) mass is 534 g/mol. The Morgan fingerprint density at radius 3 is 1.33 bits per heavy atom. The number of hydrogen-bond donors (Lipinski definition) is 0. The molecule has 1 heterocycles. The number of benzene rings is 2. The van der Waals surface area contributed by atoms with Crippen LogP contribution in [-0.4, -0.2) is 13.2 Å². The number of ether oxygens (including phenoxy) is 2. The quantitative estimate of drug-likeness (QED) is 0.173. The molecule has 0 fully saturated rings. The van der Waals surface area contributed by atoms with Gasteiger partial charge >= 0.3 is 0 Å². The van der Waals surface area contributed by atoms with Gasteiger partial charge in [-0.25, -0.2) is 0 Å². The van der Waals surface area contributed by atoms with E-state index in [-0.39, 0.29) is 11.1 Å². The zero-order chi connectivity index (χ0) is 27.7. The second-order valence-corrected chi connectivity index (χ2v) is 10.1. The van der Waals surface area contributed by atoms with E-state index < -0.39 is 0 Å². The summed E-state index contributed by atoms with van der Waals surface area (Å²) in [6, 6.07) is 19.5. The van der Waals surface area contributed by atoms with Crippen LogP contribution in [0, 0.1) is 46.3 Å². The fourth-order valence-corrected chi connectivity index (χ4v) is 4.69. The summed E-state index contributed by atoms with van der Waals surface area (Å²) in [6.07, 6.45) is 9.34. The zero-order valence-corrected chi connectivity index (χ0v) is 23.6. The Balaban J connectivity index is 1.67. The number of unbranched alkanes of at least 4 members (excludes halogenated alkanes) is 6. The smallest absolute Gasteiger partial charge is 0.119 e. The van der Waals surface area contributed by atoms with Gasteiger partial charge in [0.1, 0.15) is 23.6 Å². The Morgan fingerprint density at radius 1 is 0.564 bits per heavy atom. The van der Waals surface area contributed by atoms with Crippen molar-refractivity contribution < 1.29 is 9.47 Å². The van der Waals surface area contributed by atoms with Gasteiger partial charge in [0.25, 0.3) is 0 Å². The van der Waals surface area contributed by atoms with Gasteiger partial charge in [0.2, 0.25) is 0 Å². The topological polar surface area (TPSA) is 66.0 Å². The number of nitrogens with zero attached hydrogens (tertiary/aromatic N) is 2. The molecule has 198 valence electrons. The zero-order valence-electron chi connectivity index (χ0n) is 22.8. The van der Waals surface area contributed by atoms with Crippen molar-refractivity contribution in [2.45, 2.75) is 65.2 Å². The standard InChI is InChI=1S/C34H34N2O2S/c1-3-5-7-9-23-37-29-17-11-27(12-18-29)15-21-33-31(25-35)32(26-36)34(39-33)22-16-28-13-19-30(20-14-28)38-24-10-8-6-4-2/h11-14,17-20H,3-10,23-24H2,1-2H3. The molecule has 0 amide bonds. The molecule has 0 bridgehead atoms. The minimum absolute atomic E-state index is 0.276. The van der Waals surface area contributed by atoms with Crippen LogP contribution in [0.5, 0.6) is 11.5 Å². The second-order valence-electron chi connectivity index (χ2n) is 9.10. The van der Waals surface area contributed by atoms with E-state index in [4.69, 9.17) is 9.47 Å². The maximum absolute atomic E-state index is 9.71. The molecular weight excluding hydrogens is 500 g/mol. The summed E-state index contributed by atoms with van der Waals surface area (Å²) in [7, 11) is 0. The van der Waals surface area contributed by atoms with Crippen molar-refractivity contribution in [1.82, 2.24) is 0 Å². The normalized spacial score (nSPS) is 9.85. The lowest BCUT2D eigenvalue weighted by atomic mass is 10.1. The van der Waals surface area contributed by atoms with Gasteiger partial charge < -0.3 is 9.47 Å². The molecule has 3 aromatic rings. The van der Waals surface area contributed by atoms with E-state index in [9.17, 15) is 10.5 Å². The summed E-state index contributed by atoms with van der Waals surface area (Å²) >= 11 is 1.27. The van der Waals surface area contributed by atoms with E-state index >= 15 is 0 Å². The van der Waals surface area contributed by atoms with Gasteiger partial charge in [0, 0.05) is 11.1 Å². The molecule has 0 N–H and O–H groups in total. The third-order valence-corrected chi connectivity index (χ3v) is 7.04. The maximum atomic E-state index is 9.71. The van der Waals surface area contributed by atoms with Crippen molar-refractivity contribution in [3.05, 3.63) is 80.5 Å². The Morgan fingerprint density at radius 2 is 0.974 bits per heavy atom.